The molecule has 108 valence electrons. The van der Waals surface area contributed by atoms with Crippen molar-refractivity contribution in [3.05, 3.63) is 23.8 Å². The van der Waals surface area contributed by atoms with Crippen LogP contribution in [0.1, 0.15) is 31.7 Å². The normalized spacial score (nSPS) is 13.4. The van der Waals surface area contributed by atoms with Crippen molar-refractivity contribution in [1.29, 1.82) is 0 Å². The first-order valence-corrected chi connectivity index (χ1v) is 7.53. The van der Waals surface area contributed by atoms with Gasteiger partial charge >= 0.3 is 0 Å². The van der Waals surface area contributed by atoms with Crippen LogP contribution >= 0.6 is 12.6 Å². The maximum Gasteiger partial charge on any atom is 0.122 e. The van der Waals surface area contributed by atoms with Crippen molar-refractivity contribution in [1.82, 2.24) is 0 Å². The predicted molar refractivity (Wildman–Crippen MR) is 85.3 cm³/mol. The molecule has 0 aliphatic carbocycles. The zero-order valence-electron chi connectivity index (χ0n) is 12.9. The summed E-state index contributed by atoms with van der Waals surface area (Å²) in [7, 11) is 6.68. The summed E-state index contributed by atoms with van der Waals surface area (Å²) < 4.78 is 7.18. The lowest BCUT2D eigenvalue weighted by molar-refractivity contribution is -0.870. The zero-order valence-corrected chi connectivity index (χ0v) is 13.8. The highest BCUT2D eigenvalue weighted by molar-refractivity contribution is 7.80. The van der Waals surface area contributed by atoms with Crippen LogP contribution in [0.2, 0.25) is 0 Å². The Morgan fingerprint density at radius 3 is 2.42 bits per heavy atom. The number of quaternary nitrogens is 1. The highest BCUT2D eigenvalue weighted by atomic mass is 32.1. The third-order valence-electron chi connectivity index (χ3n) is 3.18. The molecule has 0 spiro atoms. The van der Waals surface area contributed by atoms with E-state index in [2.05, 4.69) is 53.7 Å². The van der Waals surface area contributed by atoms with E-state index in [0.29, 0.717) is 6.10 Å². The minimum absolute atomic E-state index is 0.312. The Kier molecular flexibility index (Phi) is 6.21. The van der Waals surface area contributed by atoms with Gasteiger partial charge < -0.3 is 9.22 Å². The summed E-state index contributed by atoms with van der Waals surface area (Å²) in [5.41, 5.74) is 1.17. The molecule has 1 unspecified atom stereocenters. The van der Waals surface area contributed by atoms with Gasteiger partial charge in [0.05, 0.1) is 27.7 Å². The van der Waals surface area contributed by atoms with E-state index in [-0.39, 0.29) is 0 Å². The zero-order chi connectivity index (χ0) is 14.5. The Balaban J connectivity index is 2.67. The molecule has 0 radical (unpaired) electrons. The van der Waals surface area contributed by atoms with Crippen LogP contribution in [0.15, 0.2) is 23.1 Å². The molecule has 0 bridgehead atoms. The Morgan fingerprint density at radius 2 is 1.89 bits per heavy atom. The van der Waals surface area contributed by atoms with E-state index in [1.807, 2.05) is 12.1 Å². The summed E-state index contributed by atoms with van der Waals surface area (Å²) in [5, 5.41) is 0. The fourth-order valence-electron chi connectivity index (χ4n) is 2.06. The molecule has 1 atom stereocenters. The molecule has 1 aromatic rings. The third-order valence-corrected chi connectivity index (χ3v) is 3.46. The summed E-state index contributed by atoms with van der Waals surface area (Å²) >= 11 is 4.35. The minimum atomic E-state index is 0.312. The fourth-order valence-corrected chi connectivity index (χ4v) is 2.33. The van der Waals surface area contributed by atoms with E-state index < -0.39 is 0 Å². The van der Waals surface area contributed by atoms with Crippen LogP contribution in [-0.4, -0.2) is 38.3 Å². The first kappa shape index (κ1) is 16.4. The van der Waals surface area contributed by atoms with E-state index in [1.54, 1.807) is 0 Å². The van der Waals surface area contributed by atoms with Gasteiger partial charge in [-0.1, -0.05) is 13.3 Å². The Bertz CT molecular complexity index is 398. The summed E-state index contributed by atoms with van der Waals surface area (Å²) in [6.07, 6.45) is 3.68. The van der Waals surface area contributed by atoms with Gasteiger partial charge in [0.15, 0.2) is 0 Å². The number of rotatable bonds is 7. The highest BCUT2D eigenvalue weighted by Crippen LogP contribution is 2.24. The first-order valence-electron chi connectivity index (χ1n) is 7.08. The average molecular weight is 282 g/mol. The number of nitrogens with zero attached hydrogens (tertiary/aromatic N) is 1. The molecule has 3 heteroatoms. The largest absolute Gasteiger partial charge is 0.490 e. The topological polar surface area (TPSA) is 9.23 Å². The van der Waals surface area contributed by atoms with Gasteiger partial charge in [-0.15, -0.1) is 12.6 Å². The maximum absolute atomic E-state index is 6.19. The molecule has 1 aromatic carbocycles. The molecule has 0 amide bonds. The van der Waals surface area contributed by atoms with Gasteiger partial charge in [0.2, 0.25) is 0 Å². The highest BCUT2D eigenvalue weighted by Gasteiger charge is 2.16. The van der Waals surface area contributed by atoms with Crippen LogP contribution in [0.3, 0.4) is 0 Å². The quantitative estimate of drug-likeness (QED) is 0.589. The van der Waals surface area contributed by atoms with Crippen molar-refractivity contribution in [2.75, 3.05) is 27.7 Å². The molecule has 2 nitrogen and oxygen atoms in total. The van der Waals surface area contributed by atoms with Crippen LogP contribution < -0.4 is 4.74 Å². The molecule has 0 saturated carbocycles. The molecule has 19 heavy (non-hydrogen) atoms. The summed E-state index contributed by atoms with van der Waals surface area (Å²) in [6.45, 7) is 5.43. The summed E-state index contributed by atoms with van der Waals surface area (Å²) in [4.78, 5) is 0.989. The Hall–Kier alpha value is -0.670. The molecule has 0 heterocycles. The smallest absolute Gasteiger partial charge is 0.122 e. The number of ether oxygens (including phenoxy) is 1. The van der Waals surface area contributed by atoms with Crippen molar-refractivity contribution < 1.29 is 9.22 Å². The van der Waals surface area contributed by atoms with Crippen LogP contribution in [-0.2, 0) is 0 Å². The minimum Gasteiger partial charge on any atom is -0.490 e. The molecular weight excluding hydrogens is 254 g/mol. The van der Waals surface area contributed by atoms with Gasteiger partial charge in [-0.2, -0.15) is 0 Å². The fraction of sp³-hybridized carbons (Fsp3) is 0.625. The summed E-state index contributed by atoms with van der Waals surface area (Å²) in [6, 6.07) is 6.09. The van der Waals surface area contributed by atoms with Crippen LogP contribution in [0.5, 0.6) is 5.75 Å². The van der Waals surface area contributed by atoms with Crippen molar-refractivity contribution >= 4 is 12.6 Å². The van der Waals surface area contributed by atoms with Crippen molar-refractivity contribution in [2.45, 2.75) is 44.1 Å². The molecular formula is C16H28NOS+. The van der Waals surface area contributed by atoms with Crippen molar-refractivity contribution in [3.8, 4) is 5.75 Å². The molecule has 0 aromatic heterocycles. The molecule has 0 aliphatic heterocycles. The number of hydrogen-bond acceptors (Lipinski definition) is 2. The van der Waals surface area contributed by atoms with E-state index in [0.717, 1.165) is 40.9 Å². The van der Waals surface area contributed by atoms with Crippen LogP contribution in [0.4, 0.5) is 0 Å². The van der Waals surface area contributed by atoms with Gasteiger partial charge in [-0.25, -0.2) is 0 Å². The summed E-state index contributed by atoms with van der Waals surface area (Å²) in [5.74, 6) is 0.998. The Morgan fingerprint density at radius 1 is 1.21 bits per heavy atom. The van der Waals surface area contributed by atoms with Gasteiger partial charge in [0, 0.05) is 11.3 Å². The maximum atomic E-state index is 6.19. The monoisotopic (exact) mass is 282 g/mol. The number of hydrogen-bond donors (Lipinski definition) is 1. The lowest BCUT2D eigenvalue weighted by atomic mass is 10.1. The second kappa shape index (κ2) is 7.20. The van der Waals surface area contributed by atoms with E-state index in [1.165, 1.54) is 5.56 Å². The second-order valence-corrected chi connectivity index (χ2v) is 6.80. The average Bonchev–Trinajstić information content (AvgIpc) is 2.28. The first-order chi connectivity index (χ1) is 8.81. The number of thiol groups is 1. The van der Waals surface area contributed by atoms with E-state index in [4.69, 9.17) is 4.74 Å². The van der Waals surface area contributed by atoms with Crippen LogP contribution in [0.25, 0.3) is 0 Å². The molecule has 0 aliphatic rings. The van der Waals surface area contributed by atoms with Crippen molar-refractivity contribution in [2.24, 2.45) is 0 Å². The SMILES string of the molecule is CCCC(CC[N+](C)(C)C)Oc1ccc(S)cc1C. The number of benzene rings is 1. The molecule has 0 saturated heterocycles. The van der Waals surface area contributed by atoms with Gasteiger partial charge in [0.25, 0.3) is 0 Å². The predicted octanol–water partition coefficient (Wildman–Crippen LogP) is 3.93. The van der Waals surface area contributed by atoms with Crippen molar-refractivity contribution in [3.63, 3.8) is 0 Å². The number of aryl methyl sites for hydroxylation is 1. The van der Waals surface area contributed by atoms with Gasteiger partial charge in [-0.3, -0.25) is 0 Å². The third kappa shape index (κ3) is 6.35. The van der Waals surface area contributed by atoms with E-state index >= 15 is 0 Å². The lowest BCUT2D eigenvalue weighted by Crippen LogP contribution is -2.38. The van der Waals surface area contributed by atoms with E-state index in [9.17, 15) is 0 Å². The molecule has 0 fully saturated rings. The lowest BCUT2D eigenvalue weighted by Gasteiger charge is -2.27. The van der Waals surface area contributed by atoms with Gasteiger partial charge in [0.1, 0.15) is 11.9 Å². The standard InChI is InChI=1S/C16H27NOS/c1-6-7-14(10-11-17(3,4)5)18-16-9-8-15(19)12-13(16)2/h8-9,12,14H,6-7,10-11H2,1-5H3/p+1. The van der Waals surface area contributed by atoms with Crippen LogP contribution in [0, 0.1) is 6.92 Å². The molecule has 0 N–H and O–H groups in total. The van der Waals surface area contributed by atoms with Gasteiger partial charge in [-0.05, 0) is 37.1 Å². The Labute approximate surface area is 123 Å². The second-order valence-electron chi connectivity index (χ2n) is 6.28. The molecule has 1 rings (SSSR count).